The molecule has 1 aromatic heterocycles. The average molecular weight is 377 g/mol. The number of phenolic OH excluding ortho intramolecular Hbond substituents is 1. The number of hydrogen-bond acceptors (Lipinski definition) is 3. The molecule has 0 unspecified atom stereocenters. The van der Waals surface area contributed by atoms with Crippen molar-refractivity contribution >= 4 is 49.5 Å². The fourth-order valence-electron chi connectivity index (χ4n) is 2.79. The summed E-state index contributed by atoms with van der Waals surface area (Å²) in [4.78, 5) is 9.02. The molecule has 0 saturated carbocycles. The zero-order chi connectivity index (χ0) is 16.5. The second kappa shape index (κ2) is 6.06. The second-order valence-electron chi connectivity index (χ2n) is 5.48. The summed E-state index contributed by atoms with van der Waals surface area (Å²) < 4.78 is 0.942. The van der Waals surface area contributed by atoms with Crippen LogP contribution in [0.3, 0.4) is 0 Å². The van der Waals surface area contributed by atoms with Gasteiger partial charge in [-0.25, -0.2) is 0 Å². The van der Waals surface area contributed by atoms with Gasteiger partial charge < -0.3 is 5.11 Å². The van der Waals surface area contributed by atoms with Crippen LogP contribution in [0.1, 0.15) is 5.56 Å². The molecule has 4 heteroatoms. The van der Waals surface area contributed by atoms with Crippen molar-refractivity contribution in [1.29, 1.82) is 0 Å². The van der Waals surface area contributed by atoms with Gasteiger partial charge >= 0.3 is 0 Å². The van der Waals surface area contributed by atoms with Crippen LogP contribution in [0.4, 0.5) is 5.69 Å². The normalized spacial score (nSPS) is 11.5. The van der Waals surface area contributed by atoms with Gasteiger partial charge in [0.1, 0.15) is 5.75 Å². The highest BCUT2D eigenvalue weighted by Crippen LogP contribution is 2.30. The molecule has 4 aromatic rings. The Kier molecular flexibility index (Phi) is 3.75. The Morgan fingerprint density at radius 1 is 0.958 bits per heavy atom. The molecule has 0 aliphatic carbocycles. The highest BCUT2D eigenvalue weighted by molar-refractivity contribution is 9.10. The van der Waals surface area contributed by atoms with E-state index >= 15 is 0 Å². The summed E-state index contributed by atoms with van der Waals surface area (Å²) in [7, 11) is 0. The highest BCUT2D eigenvalue weighted by atomic mass is 79.9. The molecular formula is C20H13BrN2O. The number of rotatable bonds is 2. The highest BCUT2D eigenvalue weighted by Gasteiger charge is 2.06. The Hall–Kier alpha value is -2.72. The van der Waals surface area contributed by atoms with Crippen LogP contribution in [-0.2, 0) is 0 Å². The molecule has 4 rings (SSSR count). The van der Waals surface area contributed by atoms with Gasteiger partial charge in [0.15, 0.2) is 0 Å². The average Bonchev–Trinajstić information content (AvgIpc) is 2.60. The number of halogens is 1. The van der Waals surface area contributed by atoms with Crippen LogP contribution in [0, 0.1) is 0 Å². The molecule has 1 heterocycles. The SMILES string of the molecule is Oc1ccc2ccccc2c1C=Nc1cc(Br)cc2cccnc12. The lowest BCUT2D eigenvalue weighted by Gasteiger charge is -2.06. The first-order valence-corrected chi connectivity index (χ1v) is 8.31. The summed E-state index contributed by atoms with van der Waals surface area (Å²) in [5.74, 6) is 0.213. The number of nitrogens with zero attached hydrogens (tertiary/aromatic N) is 2. The molecular weight excluding hydrogens is 364 g/mol. The molecule has 3 aromatic carbocycles. The van der Waals surface area contributed by atoms with Crippen molar-refractivity contribution in [1.82, 2.24) is 4.98 Å². The van der Waals surface area contributed by atoms with Gasteiger partial charge in [-0.2, -0.15) is 0 Å². The van der Waals surface area contributed by atoms with Crippen molar-refractivity contribution < 1.29 is 5.11 Å². The molecule has 0 atom stereocenters. The number of benzene rings is 3. The summed E-state index contributed by atoms with van der Waals surface area (Å²) in [6.45, 7) is 0. The van der Waals surface area contributed by atoms with E-state index in [2.05, 4.69) is 25.9 Å². The first kappa shape index (κ1) is 14.8. The quantitative estimate of drug-likeness (QED) is 0.462. The standard InChI is InChI=1S/C20H13BrN2O/c21-15-10-14-5-3-9-22-20(14)18(11-15)23-12-17-16-6-2-1-4-13(16)7-8-19(17)24/h1-12,24H. The molecule has 0 aliphatic heterocycles. The summed E-state index contributed by atoms with van der Waals surface area (Å²) >= 11 is 3.51. The number of aromatic nitrogens is 1. The number of pyridine rings is 1. The van der Waals surface area contributed by atoms with Crippen LogP contribution >= 0.6 is 15.9 Å². The minimum atomic E-state index is 0.213. The van der Waals surface area contributed by atoms with Crippen molar-refractivity contribution in [2.45, 2.75) is 0 Å². The molecule has 24 heavy (non-hydrogen) atoms. The van der Waals surface area contributed by atoms with E-state index in [-0.39, 0.29) is 5.75 Å². The Labute approximate surface area is 147 Å². The number of fused-ring (bicyclic) bond motifs is 2. The second-order valence-corrected chi connectivity index (χ2v) is 6.39. The number of phenols is 1. The van der Waals surface area contributed by atoms with Crippen molar-refractivity contribution in [3.05, 3.63) is 76.9 Å². The van der Waals surface area contributed by atoms with Gasteiger partial charge in [0.25, 0.3) is 0 Å². The summed E-state index contributed by atoms with van der Waals surface area (Å²) in [5.41, 5.74) is 2.29. The van der Waals surface area contributed by atoms with Crippen LogP contribution in [-0.4, -0.2) is 16.3 Å². The van der Waals surface area contributed by atoms with Gasteiger partial charge in [-0.3, -0.25) is 9.98 Å². The van der Waals surface area contributed by atoms with Crippen LogP contribution < -0.4 is 0 Å². The third kappa shape index (κ3) is 2.65. The zero-order valence-corrected chi connectivity index (χ0v) is 14.2. The fourth-order valence-corrected chi connectivity index (χ4v) is 3.25. The van der Waals surface area contributed by atoms with Gasteiger partial charge in [-0.1, -0.05) is 52.3 Å². The first-order chi connectivity index (χ1) is 11.7. The summed E-state index contributed by atoms with van der Waals surface area (Å²) in [6.07, 6.45) is 3.46. The van der Waals surface area contributed by atoms with Crippen LogP contribution in [0.5, 0.6) is 5.75 Å². The molecule has 0 radical (unpaired) electrons. The molecule has 0 amide bonds. The molecule has 0 fully saturated rings. The Balaban J connectivity index is 1.89. The van der Waals surface area contributed by atoms with Crippen LogP contribution in [0.15, 0.2) is 76.3 Å². The van der Waals surface area contributed by atoms with E-state index in [1.165, 1.54) is 0 Å². The minimum Gasteiger partial charge on any atom is -0.507 e. The topological polar surface area (TPSA) is 45.5 Å². The third-order valence-electron chi connectivity index (χ3n) is 3.93. The van der Waals surface area contributed by atoms with Gasteiger partial charge in [-0.15, -0.1) is 0 Å². The molecule has 0 saturated heterocycles. The third-order valence-corrected chi connectivity index (χ3v) is 4.39. The number of aliphatic imine (C=N–C) groups is 1. The smallest absolute Gasteiger partial charge is 0.124 e. The van der Waals surface area contributed by atoms with E-state index in [0.717, 1.165) is 31.8 Å². The van der Waals surface area contributed by atoms with E-state index in [9.17, 15) is 5.11 Å². The van der Waals surface area contributed by atoms with Crippen molar-refractivity contribution in [2.24, 2.45) is 4.99 Å². The maximum atomic E-state index is 10.2. The molecule has 1 N–H and O–H groups in total. The van der Waals surface area contributed by atoms with E-state index in [1.807, 2.05) is 54.6 Å². The lowest BCUT2D eigenvalue weighted by Crippen LogP contribution is -1.86. The zero-order valence-electron chi connectivity index (χ0n) is 12.6. The van der Waals surface area contributed by atoms with E-state index in [1.54, 1.807) is 18.5 Å². The first-order valence-electron chi connectivity index (χ1n) is 7.51. The van der Waals surface area contributed by atoms with E-state index in [4.69, 9.17) is 0 Å². The molecule has 0 spiro atoms. The molecule has 0 aliphatic rings. The Morgan fingerprint density at radius 2 is 1.79 bits per heavy atom. The largest absolute Gasteiger partial charge is 0.507 e. The lowest BCUT2D eigenvalue weighted by molar-refractivity contribution is 0.475. The fraction of sp³-hybridized carbons (Fsp3) is 0. The van der Waals surface area contributed by atoms with Gasteiger partial charge in [0.05, 0.1) is 11.2 Å². The Morgan fingerprint density at radius 3 is 2.71 bits per heavy atom. The maximum Gasteiger partial charge on any atom is 0.124 e. The van der Waals surface area contributed by atoms with Gasteiger partial charge in [-0.05, 0) is 35.0 Å². The van der Waals surface area contributed by atoms with Crippen molar-refractivity contribution in [3.8, 4) is 5.75 Å². The van der Waals surface area contributed by atoms with Gasteiger partial charge in [0, 0.05) is 27.8 Å². The number of hydrogen-bond donors (Lipinski definition) is 1. The number of aromatic hydroxyl groups is 1. The van der Waals surface area contributed by atoms with Crippen LogP contribution in [0.25, 0.3) is 21.7 Å². The molecule has 3 nitrogen and oxygen atoms in total. The maximum absolute atomic E-state index is 10.2. The summed E-state index contributed by atoms with van der Waals surface area (Å²) in [6, 6.07) is 19.4. The van der Waals surface area contributed by atoms with Gasteiger partial charge in [0.2, 0.25) is 0 Å². The molecule has 116 valence electrons. The van der Waals surface area contributed by atoms with Crippen LogP contribution in [0.2, 0.25) is 0 Å². The molecule has 0 bridgehead atoms. The minimum absolute atomic E-state index is 0.213. The van der Waals surface area contributed by atoms with Crippen molar-refractivity contribution in [2.75, 3.05) is 0 Å². The lowest BCUT2D eigenvalue weighted by atomic mass is 10.0. The summed E-state index contributed by atoms with van der Waals surface area (Å²) in [5, 5.41) is 13.3. The van der Waals surface area contributed by atoms with E-state index in [0.29, 0.717) is 5.56 Å². The Bertz CT molecular complexity index is 1090. The van der Waals surface area contributed by atoms with Crippen molar-refractivity contribution in [3.63, 3.8) is 0 Å². The van der Waals surface area contributed by atoms with E-state index < -0.39 is 0 Å². The monoisotopic (exact) mass is 376 g/mol. The predicted molar refractivity (Wildman–Crippen MR) is 102 cm³/mol. The predicted octanol–water partition coefficient (Wildman–Crippen LogP) is 5.61.